The third-order valence-electron chi connectivity index (χ3n) is 4.42. The van der Waals surface area contributed by atoms with Crippen LogP contribution in [0.1, 0.15) is 0 Å². The number of hydrogen-bond donors (Lipinski definition) is 2. The predicted octanol–water partition coefficient (Wildman–Crippen LogP) is 3.76. The minimum atomic E-state index is -4.08. The van der Waals surface area contributed by atoms with Gasteiger partial charge in [0.2, 0.25) is 9.84 Å². The van der Waals surface area contributed by atoms with Gasteiger partial charge in [0.25, 0.3) is 5.17 Å². The zero-order valence-corrected chi connectivity index (χ0v) is 17.6. The van der Waals surface area contributed by atoms with E-state index in [4.69, 9.17) is 9.47 Å². The number of azo groups is 1. The first-order valence-corrected chi connectivity index (χ1v) is 11.2. The van der Waals surface area contributed by atoms with Crippen LogP contribution in [0.25, 0.3) is 0 Å². The van der Waals surface area contributed by atoms with Crippen molar-refractivity contribution < 1.29 is 23.0 Å². The molecule has 0 spiro atoms. The lowest BCUT2D eigenvalue weighted by molar-refractivity contribution is 0.0631. The normalized spacial score (nSPS) is 18.4. The van der Waals surface area contributed by atoms with Crippen molar-refractivity contribution in [3.63, 3.8) is 0 Å². The molecule has 0 saturated carbocycles. The molecule has 0 fully saturated rings. The smallest absolute Gasteiger partial charge is 0.289 e. The standard InChI is InChI=1S/C22H20N4O5S/c27-16-14-30-20-12-6-4-10-18(20)23-25-22(32(28,29)17-8-2-1-3-9-17)26-24-19-11-5-7-13-21(19)31-15-16/h1-13,16,23,27H,14-15H2/b25-22+,26-24?. The van der Waals surface area contributed by atoms with E-state index in [0.29, 0.717) is 17.2 Å². The maximum atomic E-state index is 13.2. The largest absolute Gasteiger partial charge is 0.489 e. The van der Waals surface area contributed by atoms with Crippen molar-refractivity contribution in [2.75, 3.05) is 18.6 Å². The molecule has 1 aliphatic rings. The highest BCUT2D eigenvalue weighted by Gasteiger charge is 2.24. The van der Waals surface area contributed by atoms with Gasteiger partial charge in [0.15, 0.2) is 0 Å². The number of nitrogens with one attached hydrogen (secondary N) is 1. The molecule has 0 aromatic heterocycles. The van der Waals surface area contributed by atoms with E-state index in [0.717, 1.165) is 0 Å². The summed E-state index contributed by atoms with van der Waals surface area (Å²) in [5, 5.41) is 21.7. The van der Waals surface area contributed by atoms with Crippen LogP contribution in [0.15, 0.2) is 99.1 Å². The molecule has 0 bridgehead atoms. The molecular weight excluding hydrogens is 432 g/mol. The molecule has 0 aliphatic carbocycles. The van der Waals surface area contributed by atoms with Gasteiger partial charge in [0.1, 0.15) is 36.5 Å². The summed E-state index contributed by atoms with van der Waals surface area (Å²) in [7, 11) is -4.08. The third-order valence-corrected chi connectivity index (χ3v) is 5.97. The Hall–Kier alpha value is -3.76. The van der Waals surface area contributed by atoms with E-state index >= 15 is 0 Å². The Bertz CT molecular complexity index is 1250. The molecule has 10 heteroatoms. The number of nitrogens with zero attached hydrogens (tertiary/aromatic N) is 3. The van der Waals surface area contributed by atoms with E-state index in [9.17, 15) is 13.5 Å². The van der Waals surface area contributed by atoms with Gasteiger partial charge >= 0.3 is 0 Å². The summed E-state index contributed by atoms with van der Waals surface area (Å²) < 4.78 is 37.7. The quantitative estimate of drug-likeness (QED) is 0.580. The molecular formula is C22H20N4O5S. The highest BCUT2D eigenvalue weighted by atomic mass is 32.2. The van der Waals surface area contributed by atoms with Crippen LogP contribution in [0, 0.1) is 0 Å². The second-order valence-corrected chi connectivity index (χ2v) is 8.61. The lowest BCUT2D eigenvalue weighted by Gasteiger charge is -2.16. The summed E-state index contributed by atoms with van der Waals surface area (Å²) >= 11 is 0. The van der Waals surface area contributed by atoms with Crippen LogP contribution >= 0.6 is 0 Å². The number of para-hydroxylation sites is 3. The van der Waals surface area contributed by atoms with Crippen LogP contribution in [-0.2, 0) is 9.84 Å². The number of ether oxygens (including phenoxy) is 2. The predicted molar refractivity (Wildman–Crippen MR) is 119 cm³/mol. The van der Waals surface area contributed by atoms with Crippen molar-refractivity contribution >= 4 is 26.4 Å². The van der Waals surface area contributed by atoms with Crippen LogP contribution in [0.3, 0.4) is 0 Å². The zero-order valence-electron chi connectivity index (χ0n) is 16.8. The van der Waals surface area contributed by atoms with Gasteiger partial charge < -0.3 is 14.6 Å². The van der Waals surface area contributed by atoms with Gasteiger partial charge in [-0.15, -0.1) is 15.3 Å². The lowest BCUT2D eigenvalue weighted by atomic mass is 10.3. The summed E-state index contributed by atoms with van der Waals surface area (Å²) in [5.74, 6) is 0.707. The second kappa shape index (κ2) is 9.58. The number of fused-ring (bicyclic) bond motifs is 2. The Balaban J connectivity index is 1.80. The highest BCUT2D eigenvalue weighted by molar-refractivity contribution is 8.06. The van der Waals surface area contributed by atoms with Gasteiger partial charge in [-0.1, -0.05) is 42.5 Å². The van der Waals surface area contributed by atoms with E-state index in [1.54, 1.807) is 66.7 Å². The Morgan fingerprint density at radius 2 is 1.44 bits per heavy atom. The van der Waals surface area contributed by atoms with Crippen molar-refractivity contribution in [2.45, 2.75) is 11.0 Å². The number of amidine groups is 1. The van der Waals surface area contributed by atoms with Crippen molar-refractivity contribution in [3.05, 3.63) is 78.9 Å². The molecule has 2 N–H and O–H groups in total. The number of sulfone groups is 1. The van der Waals surface area contributed by atoms with Gasteiger partial charge in [-0.25, -0.2) is 8.42 Å². The summed E-state index contributed by atoms with van der Waals surface area (Å²) in [5.41, 5.74) is 3.38. The first-order valence-electron chi connectivity index (χ1n) is 9.71. The molecule has 0 radical (unpaired) electrons. The van der Waals surface area contributed by atoms with Crippen molar-refractivity contribution in [1.29, 1.82) is 0 Å². The average Bonchev–Trinajstić information content (AvgIpc) is 2.82. The van der Waals surface area contributed by atoms with Gasteiger partial charge in [-0.3, -0.25) is 5.43 Å². The van der Waals surface area contributed by atoms with E-state index in [1.807, 2.05) is 0 Å². The van der Waals surface area contributed by atoms with Crippen LogP contribution in [0.2, 0.25) is 0 Å². The fraction of sp³-hybridized carbons (Fsp3) is 0.136. The summed E-state index contributed by atoms with van der Waals surface area (Å²) in [6.07, 6.45) is -0.909. The second-order valence-electron chi connectivity index (χ2n) is 6.76. The lowest BCUT2D eigenvalue weighted by Crippen LogP contribution is -2.25. The maximum Gasteiger partial charge on any atom is 0.289 e. The number of hydrazone groups is 1. The molecule has 0 amide bonds. The molecule has 1 aliphatic heterocycles. The van der Waals surface area contributed by atoms with Crippen LogP contribution < -0.4 is 14.9 Å². The van der Waals surface area contributed by atoms with Crippen molar-refractivity contribution in [2.24, 2.45) is 15.3 Å². The summed E-state index contributed by atoms with van der Waals surface area (Å²) in [6, 6.07) is 21.3. The molecule has 3 aromatic rings. The number of aliphatic hydroxyl groups is 1. The molecule has 32 heavy (non-hydrogen) atoms. The number of benzene rings is 3. The zero-order chi connectivity index (χ0) is 22.4. The van der Waals surface area contributed by atoms with E-state index in [-0.39, 0.29) is 23.8 Å². The molecule has 1 atom stereocenters. The molecule has 3 aromatic carbocycles. The Morgan fingerprint density at radius 1 is 0.812 bits per heavy atom. The average molecular weight is 452 g/mol. The van der Waals surface area contributed by atoms with Crippen molar-refractivity contribution in [1.82, 2.24) is 0 Å². The minimum absolute atomic E-state index is 0.0257. The first kappa shape index (κ1) is 21.5. The SMILES string of the molecule is O=S(=O)(/C1=N/Nc2ccccc2OCC(O)COc2ccccc2N=N1)c1ccccc1. The van der Waals surface area contributed by atoms with Gasteiger partial charge in [0, 0.05) is 0 Å². The Morgan fingerprint density at radius 3 is 2.22 bits per heavy atom. The highest BCUT2D eigenvalue weighted by Crippen LogP contribution is 2.29. The number of rotatable bonds is 1. The molecule has 4 rings (SSSR count). The van der Waals surface area contributed by atoms with E-state index in [2.05, 4.69) is 20.8 Å². The molecule has 1 unspecified atom stereocenters. The Labute approximate surface area is 185 Å². The Kier molecular flexibility index (Phi) is 6.43. The number of aliphatic hydroxyl groups excluding tert-OH is 1. The van der Waals surface area contributed by atoms with Crippen LogP contribution in [0.4, 0.5) is 11.4 Å². The minimum Gasteiger partial charge on any atom is -0.489 e. The molecule has 0 saturated heterocycles. The van der Waals surface area contributed by atoms with Crippen LogP contribution in [0.5, 0.6) is 11.5 Å². The summed E-state index contributed by atoms with van der Waals surface area (Å²) in [6.45, 7) is -0.0906. The molecule has 164 valence electrons. The number of anilines is 1. The topological polar surface area (TPSA) is 122 Å². The summed E-state index contributed by atoms with van der Waals surface area (Å²) in [4.78, 5) is 0.0257. The van der Waals surface area contributed by atoms with Gasteiger partial charge in [-0.05, 0) is 36.4 Å². The van der Waals surface area contributed by atoms with Gasteiger partial charge in [-0.2, -0.15) is 0 Å². The molecule has 1 heterocycles. The maximum absolute atomic E-state index is 13.2. The first-order chi connectivity index (χ1) is 15.5. The monoisotopic (exact) mass is 452 g/mol. The van der Waals surface area contributed by atoms with E-state index < -0.39 is 21.1 Å². The van der Waals surface area contributed by atoms with Gasteiger partial charge in [0.05, 0.1) is 10.6 Å². The van der Waals surface area contributed by atoms with Crippen LogP contribution in [-0.4, -0.2) is 38.0 Å². The molecule has 9 nitrogen and oxygen atoms in total. The number of hydrogen-bond acceptors (Lipinski definition) is 9. The third kappa shape index (κ3) is 4.93. The van der Waals surface area contributed by atoms with Crippen molar-refractivity contribution in [3.8, 4) is 11.5 Å². The fourth-order valence-corrected chi connectivity index (χ4v) is 3.85. The van der Waals surface area contributed by atoms with E-state index in [1.165, 1.54) is 12.1 Å². The fourth-order valence-electron chi connectivity index (χ4n) is 2.81.